The van der Waals surface area contributed by atoms with E-state index in [2.05, 4.69) is 19.2 Å². The van der Waals surface area contributed by atoms with E-state index in [0.29, 0.717) is 17.5 Å². The van der Waals surface area contributed by atoms with Gasteiger partial charge in [-0.25, -0.2) is 0 Å². The highest BCUT2D eigenvalue weighted by molar-refractivity contribution is 5.85. The highest BCUT2D eigenvalue weighted by Crippen LogP contribution is 2.27. The lowest BCUT2D eigenvalue weighted by Gasteiger charge is -2.14. The van der Waals surface area contributed by atoms with Gasteiger partial charge in [0.25, 0.3) is 0 Å². The van der Waals surface area contributed by atoms with Crippen LogP contribution in [0, 0.1) is 0 Å². The largest absolute Gasteiger partial charge is 0.493 e. The second-order valence-electron chi connectivity index (χ2n) is 4.25. The monoisotopic (exact) mass is 289 g/mol. The third kappa shape index (κ3) is 6.14. The maximum Gasteiger partial charge on any atom is 0.161 e. The number of aliphatic hydroxyl groups is 1. The molecule has 0 bridgehead atoms. The first-order valence-corrected chi connectivity index (χ1v) is 6.35. The molecule has 1 rings (SSSR count). The summed E-state index contributed by atoms with van der Waals surface area (Å²) in [6.07, 6.45) is 1.11. The van der Waals surface area contributed by atoms with Crippen molar-refractivity contribution in [1.82, 2.24) is 5.32 Å². The van der Waals surface area contributed by atoms with Gasteiger partial charge in [-0.1, -0.05) is 13.0 Å². The van der Waals surface area contributed by atoms with Crippen molar-refractivity contribution in [2.45, 2.75) is 32.9 Å². The van der Waals surface area contributed by atoms with Gasteiger partial charge < -0.3 is 19.9 Å². The fraction of sp³-hybridized carbons (Fsp3) is 0.571. The first-order valence-electron chi connectivity index (χ1n) is 6.35. The number of hydrogen-bond donors (Lipinski definition) is 2. The van der Waals surface area contributed by atoms with Gasteiger partial charge in [0.05, 0.1) is 13.7 Å². The van der Waals surface area contributed by atoms with Crippen molar-refractivity contribution in [1.29, 1.82) is 0 Å². The summed E-state index contributed by atoms with van der Waals surface area (Å²) in [4.78, 5) is 0. The molecule has 1 aromatic rings. The van der Waals surface area contributed by atoms with Crippen LogP contribution >= 0.6 is 12.4 Å². The van der Waals surface area contributed by atoms with E-state index in [9.17, 15) is 0 Å². The van der Waals surface area contributed by atoms with Crippen molar-refractivity contribution in [3.8, 4) is 11.5 Å². The molecule has 1 atom stereocenters. The van der Waals surface area contributed by atoms with Crippen molar-refractivity contribution in [2.75, 3.05) is 20.3 Å². The number of methoxy groups -OCH3 is 1. The molecule has 5 heteroatoms. The molecule has 0 aliphatic carbocycles. The van der Waals surface area contributed by atoms with Crippen molar-refractivity contribution >= 4 is 12.4 Å². The Labute approximate surface area is 121 Å². The second-order valence-corrected chi connectivity index (χ2v) is 4.25. The van der Waals surface area contributed by atoms with Gasteiger partial charge in [0, 0.05) is 12.6 Å². The normalized spacial score (nSPS) is 11.6. The van der Waals surface area contributed by atoms with Gasteiger partial charge in [-0.3, -0.25) is 0 Å². The summed E-state index contributed by atoms with van der Waals surface area (Å²) in [5.41, 5.74) is 1.16. The first kappa shape index (κ1) is 18.0. The smallest absolute Gasteiger partial charge is 0.161 e. The van der Waals surface area contributed by atoms with Crippen LogP contribution in [0.3, 0.4) is 0 Å². The molecule has 0 spiro atoms. The molecule has 4 nitrogen and oxygen atoms in total. The number of rotatable bonds is 8. The van der Waals surface area contributed by atoms with E-state index in [0.717, 1.165) is 18.5 Å². The van der Waals surface area contributed by atoms with Crippen molar-refractivity contribution in [3.63, 3.8) is 0 Å². The van der Waals surface area contributed by atoms with Crippen LogP contribution in [0.5, 0.6) is 11.5 Å². The Kier molecular flexibility index (Phi) is 9.39. The Bertz CT molecular complexity index is 361. The Balaban J connectivity index is 0.00000324. The number of halogens is 1. The Morgan fingerprint density at radius 1 is 1.32 bits per heavy atom. The average molecular weight is 290 g/mol. The minimum atomic E-state index is 0. The zero-order valence-electron chi connectivity index (χ0n) is 11.8. The predicted octanol–water partition coefficient (Wildman–Crippen LogP) is 2.38. The van der Waals surface area contributed by atoms with Crippen molar-refractivity contribution in [3.05, 3.63) is 23.8 Å². The molecule has 0 fully saturated rings. The molecule has 0 amide bonds. The first-order chi connectivity index (χ1) is 8.71. The lowest BCUT2D eigenvalue weighted by Crippen LogP contribution is -2.24. The summed E-state index contributed by atoms with van der Waals surface area (Å²) >= 11 is 0. The molecule has 110 valence electrons. The summed E-state index contributed by atoms with van der Waals surface area (Å²) in [6, 6.07) is 6.34. The Hall–Kier alpha value is -0.970. The number of nitrogens with one attached hydrogen (secondary N) is 1. The van der Waals surface area contributed by atoms with Crippen LogP contribution in [-0.4, -0.2) is 31.5 Å². The van der Waals surface area contributed by atoms with E-state index in [1.165, 1.54) is 0 Å². The van der Waals surface area contributed by atoms with E-state index in [-0.39, 0.29) is 25.6 Å². The molecule has 0 aromatic heterocycles. The molecule has 1 aromatic carbocycles. The molecule has 0 radical (unpaired) electrons. The molecule has 0 saturated heterocycles. The zero-order chi connectivity index (χ0) is 13.4. The van der Waals surface area contributed by atoms with Crippen LogP contribution in [0.4, 0.5) is 0 Å². The summed E-state index contributed by atoms with van der Waals surface area (Å²) in [6.45, 7) is 5.41. The summed E-state index contributed by atoms with van der Waals surface area (Å²) < 4.78 is 10.7. The fourth-order valence-corrected chi connectivity index (χ4v) is 1.53. The van der Waals surface area contributed by atoms with E-state index in [1.54, 1.807) is 7.11 Å². The van der Waals surface area contributed by atoms with Crippen LogP contribution in [0.2, 0.25) is 0 Å². The maximum absolute atomic E-state index is 8.74. The molecule has 0 aliphatic heterocycles. The fourth-order valence-electron chi connectivity index (χ4n) is 1.53. The predicted molar refractivity (Wildman–Crippen MR) is 79.4 cm³/mol. The third-order valence-corrected chi connectivity index (χ3v) is 2.84. The van der Waals surface area contributed by atoms with E-state index < -0.39 is 0 Å². The van der Waals surface area contributed by atoms with Gasteiger partial charge in [0.2, 0.25) is 0 Å². The quantitative estimate of drug-likeness (QED) is 0.771. The average Bonchev–Trinajstić information content (AvgIpc) is 2.42. The Morgan fingerprint density at radius 2 is 2.05 bits per heavy atom. The summed E-state index contributed by atoms with van der Waals surface area (Å²) in [7, 11) is 1.62. The third-order valence-electron chi connectivity index (χ3n) is 2.84. The zero-order valence-corrected chi connectivity index (χ0v) is 12.6. The van der Waals surface area contributed by atoms with Gasteiger partial charge in [-0.2, -0.15) is 0 Å². The molecule has 1 unspecified atom stereocenters. The van der Waals surface area contributed by atoms with Crippen molar-refractivity contribution in [2.24, 2.45) is 0 Å². The highest BCUT2D eigenvalue weighted by Gasteiger charge is 2.06. The number of aliphatic hydroxyl groups excluding tert-OH is 1. The van der Waals surface area contributed by atoms with E-state index >= 15 is 0 Å². The molecular weight excluding hydrogens is 266 g/mol. The topological polar surface area (TPSA) is 50.7 Å². The van der Waals surface area contributed by atoms with Crippen LogP contribution in [-0.2, 0) is 6.54 Å². The van der Waals surface area contributed by atoms with E-state index in [4.69, 9.17) is 14.6 Å². The number of benzene rings is 1. The summed E-state index contributed by atoms with van der Waals surface area (Å²) in [5, 5.41) is 12.2. The van der Waals surface area contributed by atoms with Gasteiger partial charge >= 0.3 is 0 Å². The van der Waals surface area contributed by atoms with Crippen LogP contribution in [0.1, 0.15) is 25.8 Å². The van der Waals surface area contributed by atoms with Crippen LogP contribution in [0.15, 0.2) is 18.2 Å². The molecule has 19 heavy (non-hydrogen) atoms. The molecule has 0 heterocycles. The lowest BCUT2D eigenvalue weighted by molar-refractivity contribution is 0.196. The van der Waals surface area contributed by atoms with Gasteiger partial charge in [0.15, 0.2) is 11.5 Å². The lowest BCUT2D eigenvalue weighted by atomic mass is 10.2. The van der Waals surface area contributed by atoms with Gasteiger partial charge in [-0.05, 0) is 31.0 Å². The van der Waals surface area contributed by atoms with Crippen LogP contribution in [0.25, 0.3) is 0 Å². The Morgan fingerprint density at radius 3 is 2.63 bits per heavy atom. The van der Waals surface area contributed by atoms with Crippen LogP contribution < -0.4 is 14.8 Å². The van der Waals surface area contributed by atoms with Gasteiger partial charge in [0.1, 0.15) is 6.61 Å². The van der Waals surface area contributed by atoms with Gasteiger partial charge in [-0.15, -0.1) is 12.4 Å². The van der Waals surface area contributed by atoms with Crippen molar-refractivity contribution < 1.29 is 14.6 Å². The maximum atomic E-state index is 8.74. The second kappa shape index (κ2) is 9.89. The number of ether oxygens (including phenoxy) is 2. The molecule has 2 N–H and O–H groups in total. The standard InChI is InChI=1S/C14H23NO3.ClH/c1-4-11(2)15-10-12-5-6-13(18-8-7-16)14(9-12)17-3;/h5-6,9,11,15-16H,4,7-8,10H2,1-3H3;1H. The summed E-state index contributed by atoms with van der Waals surface area (Å²) in [5.74, 6) is 1.37. The highest BCUT2D eigenvalue weighted by atomic mass is 35.5. The molecular formula is C14H24ClNO3. The minimum absolute atomic E-state index is 0. The minimum Gasteiger partial charge on any atom is -0.493 e. The van der Waals surface area contributed by atoms with E-state index in [1.807, 2.05) is 18.2 Å². The SMILES string of the molecule is CCC(C)NCc1ccc(OCCO)c(OC)c1.Cl. The number of hydrogen-bond acceptors (Lipinski definition) is 4. The molecule has 0 aliphatic rings. The molecule has 0 saturated carbocycles.